The molecule has 0 saturated carbocycles. The maximum absolute atomic E-state index is 13.1. The normalized spacial score (nSPS) is 11.3. The molecule has 0 radical (unpaired) electrons. The van der Waals surface area contributed by atoms with Gasteiger partial charge in [-0.3, -0.25) is 13.7 Å². The lowest BCUT2D eigenvalue weighted by molar-refractivity contribution is 0.0603. The van der Waals surface area contributed by atoms with E-state index in [9.17, 15) is 18.0 Å². The van der Waals surface area contributed by atoms with Gasteiger partial charge in [0, 0.05) is 16.6 Å². The third kappa shape index (κ3) is 4.12. The van der Waals surface area contributed by atoms with E-state index in [1.54, 1.807) is 30.3 Å². The van der Waals surface area contributed by atoms with Crippen LogP contribution >= 0.6 is 11.6 Å². The lowest BCUT2D eigenvalue weighted by atomic mass is 10.2. The maximum atomic E-state index is 13.1. The summed E-state index contributed by atoms with van der Waals surface area (Å²) in [5.41, 5.74) is 0.785. The van der Waals surface area contributed by atoms with Crippen molar-refractivity contribution in [3.05, 3.63) is 59.2 Å². The molecular weight excluding hydrogens is 432 g/mol. The molecule has 0 aliphatic rings. The van der Waals surface area contributed by atoms with E-state index in [0.29, 0.717) is 10.9 Å². The minimum atomic E-state index is -3.87. The standard InChI is InChI=1S/C20H19ClN2O6S/c1-28-18-9-8-13(21)10-17(18)23(30(3,26)27)12-19(24)22-11-15(20(25)29-2)14-6-4-5-7-16(14)22/h4-11H,12H2,1-3H3. The zero-order valence-corrected chi connectivity index (χ0v) is 18.0. The van der Waals surface area contributed by atoms with Gasteiger partial charge in [0.2, 0.25) is 10.0 Å². The van der Waals surface area contributed by atoms with Crippen LogP contribution in [-0.2, 0) is 14.8 Å². The van der Waals surface area contributed by atoms with Gasteiger partial charge in [0.05, 0.1) is 37.2 Å². The van der Waals surface area contributed by atoms with E-state index in [4.69, 9.17) is 21.1 Å². The molecular formula is C20H19ClN2O6S. The third-order valence-corrected chi connectivity index (χ3v) is 5.84. The quantitative estimate of drug-likeness (QED) is 0.535. The van der Waals surface area contributed by atoms with Gasteiger partial charge < -0.3 is 9.47 Å². The van der Waals surface area contributed by atoms with Crippen LogP contribution < -0.4 is 9.04 Å². The van der Waals surface area contributed by atoms with Gasteiger partial charge in [0.15, 0.2) is 0 Å². The molecule has 0 bridgehead atoms. The Morgan fingerprint density at radius 1 is 1.13 bits per heavy atom. The molecule has 0 N–H and O–H groups in total. The van der Waals surface area contributed by atoms with Gasteiger partial charge in [-0.1, -0.05) is 29.8 Å². The number of carbonyl (C=O) groups excluding carboxylic acids is 2. The Balaban J connectivity index is 2.09. The molecule has 0 aliphatic carbocycles. The fraction of sp³-hybridized carbons (Fsp3) is 0.200. The highest BCUT2D eigenvalue weighted by atomic mass is 35.5. The first-order valence-electron chi connectivity index (χ1n) is 8.70. The lowest BCUT2D eigenvalue weighted by Crippen LogP contribution is -2.37. The van der Waals surface area contributed by atoms with Crippen LogP contribution in [-0.4, -0.2) is 51.9 Å². The first-order valence-corrected chi connectivity index (χ1v) is 10.9. The number of carbonyl (C=O) groups is 2. The molecule has 0 saturated heterocycles. The third-order valence-electron chi connectivity index (χ3n) is 4.47. The molecule has 8 nitrogen and oxygen atoms in total. The van der Waals surface area contributed by atoms with Crippen LogP contribution in [0.15, 0.2) is 48.7 Å². The maximum Gasteiger partial charge on any atom is 0.340 e. The summed E-state index contributed by atoms with van der Waals surface area (Å²) < 4.78 is 37.2. The molecule has 0 aliphatic heterocycles. The molecule has 30 heavy (non-hydrogen) atoms. The molecule has 10 heteroatoms. The summed E-state index contributed by atoms with van der Waals surface area (Å²) in [4.78, 5) is 25.2. The Kier molecular flexibility index (Phi) is 6.04. The first-order chi connectivity index (χ1) is 14.2. The zero-order chi connectivity index (χ0) is 22.1. The van der Waals surface area contributed by atoms with E-state index < -0.39 is 28.4 Å². The molecule has 0 fully saturated rings. The van der Waals surface area contributed by atoms with Gasteiger partial charge in [-0.15, -0.1) is 0 Å². The highest BCUT2D eigenvalue weighted by molar-refractivity contribution is 7.92. The molecule has 1 aromatic heterocycles. The molecule has 0 spiro atoms. The van der Waals surface area contributed by atoms with Crippen LogP contribution in [0.4, 0.5) is 5.69 Å². The van der Waals surface area contributed by atoms with Gasteiger partial charge in [-0.25, -0.2) is 13.2 Å². The van der Waals surface area contributed by atoms with Crippen LogP contribution in [0.25, 0.3) is 10.9 Å². The first kappa shape index (κ1) is 21.7. The smallest absolute Gasteiger partial charge is 0.340 e. The second kappa shape index (κ2) is 8.37. The van der Waals surface area contributed by atoms with Crippen LogP contribution in [0.3, 0.4) is 0 Å². The van der Waals surface area contributed by atoms with E-state index in [2.05, 4.69) is 0 Å². The van der Waals surface area contributed by atoms with Crippen molar-refractivity contribution in [3.8, 4) is 5.75 Å². The summed E-state index contributed by atoms with van der Waals surface area (Å²) in [5, 5.41) is 0.801. The average molecular weight is 451 g/mol. The SMILES string of the molecule is COC(=O)c1cn(C(=O)CN(c2cc(Cl)ccc2OC)S(C)(=O)=O)c2ccccc12. The number of anilines is 1. The fourth-order valence-electron chi connectivity index (χ4n) is 3.10. The van der Waals surface area contributed by atoms with Crippen molar-refractivity contribution < 1.29 is 27.5 Å². The molecule has 3 aromatic rings. The van der Waals surface area contributed by atoms with Crippen LogP contribution in [0.1, 0.15) is 15.2 Å². The minimum Gasteiger partial charge on any atom is -0.495 e. The van der Waals surface area contributed by atoms with Crippen molar-refractivity contribution in [2.45, 2.75) is 0 Å². The predicted octanol–water partition coefficient (Wildman–Crippen LogP) is 3.20. The molecule has 1 heterocycles. The molecule has 158 valence electrons. The minimum absolute atomic E-state index is 0.130. The Morgan fingerprint density at radius 2 is 1.83 bits per heavy atom. The van der Waals surface area contributed by atoms with Crippen LogP contribution in [0.5, 0.6) is 5.75 Å². The summed E-state index contributed by atoms with van der Waals surface area (Å²) in [6, 6.07) is 11.2. The number of rotatable bonds is 6. The second-order valence-corrected chi connectivity index (χ2v) is 8.74. The van der Waals surface area contributed by atoms with Gasteiger partial charge in [-0.05, 0) is 24.3 Å². The van der Waals surface area contributed by atoms with Crippen molar-refractivity contribution in [3.63, 3.8) is 0 Å². The summed E-state index contributed by atoms with van der Waals surface area (Å²) in [6.07, 6.45) is 2.32. The Morgan fingerprint density at radius 3 is 2.47 bits per heavy atom. The van der Waals surface area contributed by atoms with E-state index in [-0.39, 0.29) is 22.0 Å². The van der Waals surface area contributed by atoms with Gasteiger partial charge in [0.1, 0.15) is 12.3 Å². The van der Waals surface area contributed by atoms with E-state index in [1.165, 1.54) is 37.1 Å². The number of methoxy groups -OCH3 is 2. The molecule has 0 unspecified atom stereocenters. The number of halogens is 1. The van der Waals surface area contributed by atoms with Crippen molar-refractivity contribution >= 4 is 50.1 Å². The number of ether oxygens (including phenoxy) is 2. The molecule has 3 rings (SSSR count). The number of aromatic nitrogens is 1. The summed E-state index contributed by atoms with van der Waals surface area (Å²) >= 11 is 6.04. The van der Waals surface area contributed by atoms with Gasteiger partial charge in [0.25, 0.3) is 5.91 Å². The Hall–Kier alpha value is -3.04. The highest BCUT2D eigenvalue weighted by Gasteiger charge is 2.27. The Bertz CT molecular complexity index is 1240. The summed E-state index contributed by atoms with van der Waals surface area (Å²) in [7, 11) is -1.24. The summed E-state index contributed by atoms with van der Waals surface area (Å²) in [6.45, 7) is -0.533. The lowest BCUT2D eigenvalue weighted by Gasteiger charge is -2.24. The van der Waals surface area contributed by atoms with Crippen LogP contribution in [0, 0.1) is 0 Å². The zero-order valence-electron chi connectivity index (χ0n) is 16.5. The predicted molar refractivity (Wildman–Crippen MR) is 114 cm³/mol. The van der Waals surface area contributed by atoms with E-state index in [1.807, 2.05) is 0 Å². The number of fused-ring (bicyclic) bond motifs is 1. The van der Waals surface area contributed by atoms with Crippen molar-refractivity contribution in [1.29, 1.82) is 0 Å². The number of hydrogen-bond donors (Lipinski definition) is 0. The largest absolute Gasteiger partial charge is 0.495 e. The number of esters is 1. The number of hydrogen-bond acceptors (Lipinski definition) is 6. The number of nitrogens with zero attached hydrogens (tertiary/aromatic N) is 2. The summed E-state index contributed by atoms with van der Waals surface area (Å²) in [5.74, 6) is -0.937. The van der Waals surface area contributed by atoms with Gasteiger partial charge >= 0.3 is 5.97 Å². The van der Waals surface area contributed by atoms with E-state index >= 15 is 0 Å². The topological polar surface area (TPSA) is 94.9 Å². The molecule has 2 aromatic carbocycles. The fourth-order valence-corrected chi connectivity index (χ4v) is 4.11. The monoisotopic (exact) mass is 450 g/mol. The van der Waals surface area contributed by atoms with Crippen molar-refractivity contribution in [2.24, 2.45) is 0 Å². The highest BCUT2D eigenvalue weighted by Crippen LogP contribution is 2.33. The Labute approximate surface area is 178 Å². The second-order valence-electron chi connectivity index (χ2n) is 6.40. The number of para-hydroxylation sites is 1. The van der Waals surface area contributed by atoms with Gasteiger partial charge in [-0.2, -0.15) is 0 Å². The number of sulfonamides is 1. The number of benzene rings is 2. The van der Waals surface area contributed by atoms with Crippen molar-refractivity contribution in [1.82, 2.24) is 4.57 Å². The molecule has 0 atom stereocenters. The van der Waals surface area contributed by atoms with Crippen molar-refractivity contribution in [2.75, 3.05) is 31.3 Å². The van der Waals surface area contributed by atoms with Crippen LogP contribution in [0.2, 0.25) is 5.02 Å². The molecule has 0 amide bonds. The van der Waals surface area contributed by atoms with E-state index in [0.717, 1.165) is 10.6 Å². The average Bonchev–Trinajstić information content (AvgIpc) is 3.10.